The zero-order valence-electron chi connectivity index (χ0n) is 17.8. The van der Waals surface area contributed by atoms with E-state index < -0.39 is 9.84 Å². The van der Waals surface area contributed by atoms with E-state index in [0.717, 1.165) is 51.5 Å². The van der Waals surface area contributed by atoms with Crippen molar-refractivity contribution in [1.82, 2.24) is 4.90 Å². The molecule has 0 N–H and O–H groups in total. The molecule has 6 heteroatoms. The van der Waals surface area contributed by atoms with Gasteiger partial charge in [0.1, 0.15) is 15.9 Å². The van der Waals surface area contributed by atoms with Gasteiger partial charge in [0, 0.05) is 6.42 Å². The first-order valence-corrected chi connectivity index (χ1v) is 12.7. The molecular weight excluding hydrogens is 374 g/mol. The van der Waals surface area contributed by atoms with Crippen molar-refractivity contribution < 1.29 is 17.9 Å². The highest BCUT2D eigenvalue weighted by Crippen LogP contribution is 2.31. The van der Waals surface area contributed by atoms with Crippen LogP contribution in [0.2, 0.25) is 0 Å². The van der Waals surface area contributed by atoms with Gasteiger partial charge in [-0.25, -0.2) is 8.42 Å². The molecule has 0 saturated carbocycles. The van der Waals surface area contributed by atoms with Crippen LogP contribution in [0.4, 0.5) is 0 Å². The second-order valence-electron chi connectivity index (χ2n) is 8.25. The Balaban J connectivity index is 2.08. The van der Waals surface area contributed by atoms with Gasteiger partial charge in [-0.3, -0.25) is 4.79 Å². The lowest BCUT2D eigenvalue weighted by molar-refractivity contribution is -0.186. The number of nitrogens with zero attached hydrogens (tertiary/aromatic N) is 1. The third-order valence-electron chi connectivity index (χ3n) is 5.36. The largest absolute Gasteiger partial charge is 0.461 e. The Morgan fingerprint density at radius 1 is 0.929 bits per heavy atom. The second kappa shape index (κ2) is 14.0. The molecule has 0 aromatic rings. The number of hydrogen-bond donors (Lipinski definition) is 0. The Bertz CT molecular complexity index is 580. The smallest absolute Gasteiger partial charge is 0.313 e. The maximum Gasteiger partial charge on any atom is 0.313 e. The Hall–Kier alpha value is -1.06. The molecule has 162 valence electrons. The van der Waals surface area contributed by atoms with Gasteiger partial charge in [-0.15, -0.1) is 12.3 Å². The third kappa shape index (κ3) is 11.1. The number of sulfone groups is 1. The van der Waals surface area contributed by atoms with Gasteiger partial charge >= 0.3 is 5.97 Å². The van der Waals surface area contributed by atoms with E-state index in [0.29, 0.717) is 12.8 Å². The van der Waals surface area contributed by atoms with Crippen molar-refractivity contribution in [3.05, 3.63) is 0 Å². The number of cyclic esters (lactones) is 1. The monoisotopic (exact) mass is 413 g/mol. The van der Waals surface area contributed by atoms with Crippen molar-refractivity contribution in [3.63, 3.8) is 0 Å². The summed E-state index contributed by atoms with van der Waals surface area (Å²) < 4.78 is 29.3. The SMILES string of the molecule is C#CCCCCCCCC[C@@H]1C(=O)O[C@H]1CCCCS(=O)(=O)CCCN(C)C. The minimum absolute atomic E-state index is 0.000395. The van der Waals surface area contributed by atoms with E-state index >= 15 is 0 Å². The van der Waals surface area contributed by atoms with E-state index in [1.165, 1.54) is 19.3 Å². The summed E-state index contributed by atoms with van der Waals surface area (Å²) in [5.41, 5.74) is 0. The van der Waals surface area contributed by atoms with Crippen molar-refractivity contribution in [2.24, 2.45) is 5.92 Å². The van der Waals surface area contributed by atoms with E-state index in [9.17, 15) is 13.2 Å². The lowest BCUT2D eigenvalue weighted by Gasteiger charge is -2.35. The summed E-state index contributed by atoms with van der Waals surface area (Å²) in [6.07, 6.45) is 16.9. The standard InChI is InChI=1S/C22H39NO4S/c1-4-5-6-7-8-9-10-11-15-20-21(27-22(20)24)16-12-13-18-28(25,26)19-14-17-23(2)3/h1,20-21H,5-19H2,2-3H3/t20-,21-/m0/s1. The van der Waals surface area contributed by atoms with Gasteiger partial charge in [-0.05, 0) is 59.2 Å². The number of carbonyl (C=O) groups excluding carboxylic acids is 1. The predicted octanol–water partition coefficient (Wildman–Crippen LogP) is 3.82. The highest BCUT2D eigenvalue weighted by atomic mass is 32.2. The topological polar surface area (TPSA) is 63.7 Å². The van der Waals surface area contributed by atoms with Crippen LogP contribution in [0.3, 0.4) is 0 Å². The molecule has 1 saturated heterocycles. The molecule has 0 aliphatic carbocycles. The van der Waals surface area contributed by atoms with Crippen LogP contribution in [0.15, 0.2) is 0 Å². The predicted molar refractivity (Wildman–Crippen MR) is 115 cm³/mol. The van der Waals surface area contributed by atoms with Crippen LogP contribution in [0.1, 0.15) is 77.0 Å². The van der Waals surface area contributed by atoms with Crippen molar-refractivity contribution in [1.29, 1.82) is 0 Å². The summed E-state index contributed by atoms with van der Waals surface area (Å²) in [5.74, 6) is 3.12. The number of hydrogen-bond acceptors (Lipinski definition) is 5. The number of ether oxygens (including phenoxy) is 1. The summed E-state index contributed by atoms with van der Waals surface area (Å²) in [6.45, 7) is 0.795. The maximum atomic E-state index is 12.0. The molecule has 0 amide bonds. The number of carbonyl (C=O) groups is 1. The summed E-state index contributed by atoms with van der Waals surface area (Å²) in [4.78, 5) is 13.7. The van der Waals surface area contributed by atoms with E-state index in [1.54, 1.807) is 0 Å². The van der Waals surface area contributed by atoms with Crippen molar-refractivity contribution in [2.45, 2.75) is 83.2 Å². The fourth-order valence-electron chi connectivity index (χ4n) is 3.63. The molecule has 0 aromatic heterocycles. The summed E-state index contributed by atoms with van der Waals surface area (Å²) in [7, 11) is 0.934. The molecule has 1 aliphatic heterocycles. The molecule has 1 aliphatic rings. The molecular formula is C22H39NO4S. The van der Waals surface area contributed by atoms with Crippen LogP contribution in [0.5, 0.6) is 0 Å². The fraction of sp³-hybridized carbons (Fsp3) is 0.864. The molecule has 1 fully saturated rings. The zero-order chi connectivity index (χ0) is 20.8. The number of unbranched alkanes of at least 4 members (excludes halogenated alkanes) is 7. The molecule has 28 heavy (non-hydrogen) atoms. The lowest BCUT2D eigenvalue weighted by Crippen LogP contribution is -2.45. The van der Waals surface area contributed by atoms with Crippen LogP contribution >= 0.6 is 0 Å². The molecule has 1 heterocycles. The van der Waals surface area contributed by atoms with Crippen molar-refractivity contribution in [2.75, 3.05) is 32.1 Å². The quantitative estimate of drug-likeness (QED) is 0.206. The van der Waals surface area contributed by atoms with Crippen molar-refractivity contribution >= 4 is 15.8 Å². The minimum Gasteiger partial charge on any atom is -0.461 e. The minimum atomic E-state index is -2.96. The highest BCUT2D eigenvalue weighted by Gasteiger charge is 2.40. The van der Waals surface area contributed by atoms with Crippen LogP contribution in [-0.2, 0) is 19.4 Å². The van der Waals surface area contributed by atoms with E-state index in [2.05, 4.69) is 5.92 Å². The Morgan fingerprint density at radius 3 is 2.18 bits per heavy atom. The zero-order valence-corrected chi connectivity index (χ0v) is 18.6. The molecule has 0 aromatic carbocycles. The van der Waals surface area contributed by atoms with Crippen LogP contribution in [0, 0.1) is 18.3 Å². The Morgan fingerprint density at radius 2 is 1.54 bits per heavy atom. The van der Waals surface area contributed by atoms with Crippen molar-refractivity contribution in [3.8, 4) is 12.3 Å². The Kier molecular flexibility index (Phi) is 12.5. The number of terminal acetylenes is 1. The molecule has 0 bridgehead atoms. The molecule has 0 radical (unpaired) electrons. The first kappa shape index (κ1) is 25.0. The molecule has 1 rings (SSSR count). The number of rotatable bonds is 17. The van der Waals surface area contributed by atoms with E-state index in [1.807, 2.05) is 19.0 Å². The molecule has 0 unspecified atom stereocenters. The average molecular weight is 414 g/mol. The second-order valence-corrected chi connectivity index (χ2v) is 10.6. The van der Waals surface area contributed by atoms with Crippen LogP contribution in [-0.4, -0.2) is 57.5 Å². The van der Waals surface area contributed by atoms with Gasteiger partial charge < -0.3 is 9.64 Å². The van der Waals surface area contributed by atoms with Crippen LogP contribution in [0.25, 0.3) is 0 Å². The lowest BCUT2D eigenvalue weighted by atomic mass is 9.88. The molecule has 2 atom stereocenters. The maximum absolute atomic E-state index is 12.0. The number of esters is 1. The van der Waals surface area contributed by atoms with Gasteiger partial charge in [0.05, 0.1) is 17.4 Å². The van der Waals surface area contributed by atoms with E-state index in [-0.39, 0.29) is 29.5 Å². The summed E-state index contributed by atoms with van der Waals surface area (Å²) >= 11 is 0. The summed E-state index contributed by atoms with van der Waals surface area (Å²) in [5, 5.41) is 0. The first-order chi connectivity index (χ1) is 13.4. The average Bonchev–Trinajstić information content (AvgIpc) is 2.62. The van der Waals surface area contributed by atoms with Crippen LogP contribution < -0.4 is 0 Å². The van der Waals surface area contributed by atoms with Gasteiger partial charge in [0.15, 0.2) is 0 Å². The van der Waals surface area contributed by atoms with E-state index in [4.69, 9.17) is 11.2 Å². The van der Waals surface area contributed by atoms with Gasteiger partial charge in [-0.1, -0.05) is 32.1 Å². The fourth-order valence-corrected chi connectivity index (χ4v) is 5.05. The first-order valence-electron chi connectivity index (χ1n) is 10.8. The third-order valence-corrected chi connectivity index (χ3v) is 7.18. The Labute approximate surface area is 172 Å². The highest BCUT2D eigenvalue weighted by molar-refractivity contribution is 7.91. The molecule has 0 spiro atoms. The van der Waals surface area contributed by atoms with Gasteiger partial charge in [-0.2, -0.15) is 0 Å². The van der Waals surface area contributed by atoms with Gasteiger partial charge in [0.25, 0.3) is 0 Å². The normalized spacial score (nSPS) is 19.3. The summed E-state index contributed by atoms with van der Waals surface area (Å²) in [6, 6.07) is 0. The molecule has 5 nitrogen and oxygen atoms in total. The van der Waals surface area contributed by atoms with Gasteiger partial charge in [0.2, 0.25) is 0 Å².